The van der Waals surface area contributed by atoms with Crippen LogP contribution in [-0.4, -0.2) is 30.2 Å². The minimum Gasteiger partial charge on any atom is -0.272 e. The predicted molar refractivity (Wildman–Crippen MR) is 80.9 cm³/mol. The van der Waals surface area contributed by atoms with Gasteiger partial charge in [0, 0.05) is 6.07 Å². The number of carbonyl (C=O) groups is 2. The average Bonchev–Trinajstić information content (AvgIpc) is 3.25. The fourth-order valence-electron chi connectivity index (χ4n) is 3.91. The molecule has 1 heterocycles. The van der Waals surface area contributed by atoms with Gasteiger partial charge in [-0.3, -0.25) is 19.7 Å². The van der Waals surface area contributed by atoms with E-state index in [9.17, 15) is 28.1 Å². The van der Waals surface area contributed by atoms with Crippen molar-refractivity contribution in [1.82, 2.24) is 5.06 Å². The number of para-hydroxylation sites is 1. The van der Waals surface area contributed by atoms with Gasteiger partial charge < -0.3 is 0 Å². The van der Waals surface area contributed by atoms with Crippen LogP contribution in [0.1, 0.15) is 6.42 Å². The quantitative estimate of drug-likeness (QED) is 0.338. The van der Waals surface area contributed by atoms with Crippen molar-refractivity contribution in [1.29, 1.82) is 0 Å². The second-order valence-electron chi connectivity index (χ2n) is 6.22. The third-order valence-corrected chi connectivity index (χ3v) is 6.16. The van der Waals surface area contributed by atoms with Crippen LogP contribution >= 0.6 is 0 Å². The van der Waals surface area contributed by atoms with Gasteiger partial charge in [0.05, 0.1) is 16.8 Å². The fraction of sp³-hybridized carbons (Fsp3) is 0.333. The largest absolute Gasteiger partial charge is 0.325 e. The van der Waals surface area contributed by atoms with E-state index < -0.39 is 49.3 Å². The van der Waals surface area contributed by atoms with E-state index in [-0.39, 0.29) is 16.9 Å². The first-order valence-corrected chi connectivity index (χ1v) is 8.96. The molecule has 0 N–H and O–H groups in total. The minimum absolute atomic E-state index is 0.103. The lowest BCUT2D eigenvalue weighted by molar-refractivity contribution is -0.388. The molecule has 1 saturated carbocycles. The zero-order valence-corrected chi connectivity index (χ0v) is 13.5. The lowest BCUT2D eigenvalue weighted by Gasteiger charge is -2.15. The molecule has 1 aliphatic heterocycles. The zero-order valence-electron chi connectivity index (χ0n) is 12.6. The van der Waals surface area contributed by atoms with Gasteiger partial charge in [0.1, 0.15) is 0 Å². The number of hydrogen-bond acceptors (Lipinski definition) is 7. The Hall–Kier alpha value is -2.59. The molecule has 1 aromatic carbocycles. The maximum absolute atomic E-state index is 12.5. The number of hydrogen-bond donors (Lipinski definition) is 0. The molecule has 2 bridgehead atoms. The number of nitro benzene ring substituents is 1. The van der Waals surface area contributed by atoms with Gasteiger partial charge in [-0.15, -0.1) is 9.35 Å². The van der Waals surface area contributed by atoms with Gasteiger partial charge in [-0.1, -0.05) is 24.3 Å². The van der Waals surface area contributed by atoms with Crippen molar-refractivity contribution in [2.45, 2.75) is 11.3 Å². The Balaban J connectivity index is 1.66. The van der Waals surface area contributed by atoms with Crippen LogP contribution in [0.5, 0.6) is 0 Å². The molecular formula is C15H12N2O7S. The average molecular weight is 364 g/mol. The molecule has 4 rings (SSSR count). The van der Waals surface area contributed by atoms with Gasteiger partial charge in [0.25, 0.3) is 17.5 Å². The molecule has 2 fully saturated rings. The van der Waals surface area contributed by atoms with Crippen molar-refractivity contribution in [3.05, 3.63) is 46.5 Å². The summed E-state index contributed by atoms with van der Waals surface area (Å²) in [5.41, 5.74) is -0.691. The zero-order chi connectivity index (χ0) is 17.9. The van der Waals surface area contributed by atoms with E-state index >= 15 is 0 Å². The van der Waals surface area contributed by atoms with Crippen LogP contribution in [0, 0.1) is 33.8 Å². The Bertz CT molecular complexity index is 909. The summed E-state index contributed by atoms with van der Waals surface area (Å²) in [5.74, 6) is -2.88. The maximum atomic E-state index is 12.5. The van der Waals surface area contributed by atoms with Crippen molar-refractivity contribution < 1.29 is 27.2 Å². The van der Waals surface area contributed by atoms with E-state index in [0.29, 0.717) is 6.42 Å². The molecule has 130 valence electrons. The summed E-state index contributed by atoms with van der Waals surface area (Å²) in [4.78, 5) is 34.4. The van der Waals surface area contributed by atoms with Crippen molar-refractivity contribution in [3.63, 3.8) is 0 Å². The van der Waals surface area contributed by atoms with E-state index in [1.807, 2.05) is 12.2 Å². The lowest BCUT2D eigenvalue weighted by Crippen LogP contribution is -2.35. The molecule has 3 aliphatic rings. The molecule has 25 heavy (non-hydrogen) atoms. The highest BCUT2D eigenvalue weighted by molar-refractivity contribution is 7.86. The molecule has 0 spiro atoms. The van der Waals surface area contributed by atoms with Gasteiger partial charge in [-0.05, 0) is 24.3 Å². The molecule has 0 radical (unpaired) electrons. The van der Waals surface area contributed by atoms with Gasteiger partial charge in [-0.2, -0.15) is 8.42 Å². The summed E-state index contributed by atoms with van der Waals surface area (Å²) >= 11 is 0. The van der Waals surface area contributed by atoms with Gasteiger partial charge in [0.15, 0.2) is 4.90 Å². The predicted octanol–water partition coefficient (Wildman–Crippen LogP) is 1.02. The van der Waals surface area contributed by atoms with Crippen LogP contribution < -0.4 is 0 Å². The SMILES string of the molecule is O=C1[C@@H]2[C@H](C(=O)N1OS(=O)(=O)c1ccccc1[N+](=O)[O-])[C@H]1C=C[C@H]2C1. The van der Waals surface area contributed by atoms with Gasteiger partial charge >= 0.3 is 10.1 Å². The number of amides is 2. The van der Waals surface area contributed by atoms with Crippen molar-refractivity contribution >= 4 is 27.6 Å². The van der Waals surface area contributed by atoms with Gasteiger partial charge in [0.2, 0.25) is 0 Å². The number of nitrogens with zero attached hydrogens (tertiary/aromatic N) is 2. The van der Waals surface area contributed by atoms with Crippen LogP contribution in [0.25, 0.3) is 0 Å². The van der Waals surface area contributed by atoms with Gasteiger partial charge in [-0.25, -0.2) is 0 Å². The molecule has 4 atom stereocenters. The number of nitro groups is 1. The molecular weight excluding hydrogens is 352 g/mol. The Morgan fingerprint density at radius 3 is 2.20 bits per heavy atom. The molecule has 2 aliphatic carbocycles. The van der Waals surface area contributed by atoms with Crippen LogP contribution in [0.2, 0.25) is 0 Å². The van der Waals surface area contributed by atoms with Crippen LogP contribution in [0.4, 0.5) is 5.69 Å². The lowest BCUT2D eigenvalue weighted by atomic mass is 9.85. The first-order chi connectivity index (χ1) is 11.8. The van der Waals surface area contributed by atoms with Crippen LogP contribution in [0.15, 0.2) is 41.3 Å². The normalized spacial score (nSPS) is 30.2. The third kappa shape index (κ3) is 2.21. The van der Waals surface area contributed by atoms with E-state index in [4.69, 9.17) is 4.28 Å². The summed E-state index contributed by atoms with van der Waals surface area (Å²) < 4.78 is 29.6. The van der Waals surface area contributed by atoms with E-state index in [1.165, 1.54) is 12.1 Å². The van der Waals surface area contributed by atoms with E-state index in [2.05, 4.69) is 0 Å². The molecule has 1 aromatic rings. The second kappa shape index (κ2) is 5.20. The summed E-state index contributed by atoms with van der Waals surface area (Å²) in [7, 11) is -4.71. The Labute approximate surface area is 142 Å². The second-order valence-corrected chi connectivity index (χ2v) is 7.72. The first kappa shape index (κ1) is 15.9. The Kier molecular flexibility index (Phi) is 3.31. The maximum Gasteiger partial charge on any atom is 0.325 e. The number of allylic oxidation sites excluding steroid dienone is 2. The third-order valence-electron chi connectivity index (χ3n) is 4.93. The Morgan fingerprint density at radius 2 is 1.64 bits per heavy atom. The smallest absolute Gasteiger partial charge is 0.272 e. The van der Waals surface area contributed by atoms with E-state index in [0.717, 1.165) is 12.1 Å². The summed E-state index contributed by atoms with van der Waals surface area (Å²) in [6, 6.07) is 4.58. The molecule has 0 aromatic heterocycles. The van der Waals surface area contributed by atoms with Crippen molar-refractivity contribution in [3.8, 4) is 0 Å². The topological polar surface area (TPSA) is 124 Å². The van der Waals surface area contributed by atoms with E-state index in [1.54, 1.807) is 0 Å². The van der Waals surface area contributed by atoms with Crippen molar-refractivity contribution in [2.75, 3.05) is 0 Å². The highest BCUT2D eigenvalue weighted by Crippen LogP contribution is 2.52. The van der Waals surface area contributed by atoms with Crippen molar-refractivity contribution in [2.24, 2.45) is 23.7 Å². The number of fused-ring (bicyclic) bond motifs is 5. The first-order valence-electron chi connectivity index (χ1n) is 7.55. The summed E-state index contributed by atoms with van der Waals surface area (Å²) in [6.07, 6.45) is 4.41. The molecule has 1 saturated heterocycles. The molecule has 2 amide bonds. The standard InChI is InChI=1S/C15H12N2O7S/c18-14-12-8-5-6-9(7-8)13(12)15(19)16(14)24-25(22,23)11-4-2-1-3-10(11)17(20)21/h1-6,8-9,12-13H,7H2/t8-,9-,12-,13+/m0/s1. The summed E-state index contributed by atoms with van der Waals surface area (Å²) in [5, 5.41) is 11.3. The highest BCUT2D eigenvalue weighted by atomic mass is 32.2. The Morgan fingerprint density at radius 1 is 1.08 bits per heavy atom. The number of carbonyl (C=O) groups excluding carboxylic acids is 2. The fourth-order valence-corrected chi connectivity index (χ4v) is 4.97. The monoisotopic (exact) mass is 364 g/mol. The van der Waals surface area contributed by atoms with Crippen LogP contribution in [-0.2, 0) is 24.0 Å². The molecule has 10 heteroatoms. The van der Waals surface area contributed by atoms with Crippen LogP contribution in [0.3, 0.4) is 0 Å². The highest BCUT2D eigenvalue weighted by Gasteiger charge is 2.61. The number of imide groups is 1. The number of rotatable bonds is 4. The molecule has 9 nitrogen and oxygen atoms in total. The molecule has 0 unspecified atom stereocenters. The number of benzene rings is 1. The minimum atomic E-state index is -4.71. The number of hydroxylamine groups is 2. The summed E-state index contributed by atoms with van der Waals surface area (Å²) in [6.45, 7) is 0.